The molecule has 14 heteroatoms. The monoisotopic (exact) mass is 646 g/mol. The number of aromatic nitrogens is 3. The topological polar surface area (TPSA) is 120 Å². The Kier molecular flexibility index (Phi) is 10.3. The average Bonchev–Trinajstić information content (AvgIpc) is 3.48. The number of anilines is 1. The van der Waals surface area contributed by atoms with Crippen LogP contribution in [0.3, 0.4) is 0 Å². The number of amides is 1. The fraction of sp³-hybridized carbons (Fsp3) is 0.467. The van der Waals surface area contributed by atoms with Crippen LogP contribution in [0.5, 0.6) is 11.5 Å². The minimum Gasteiger partial charge on any atom is -0.495 e. The van der Waals surface area contributed by atoms with Gasteiger partial charge in [-0.2, -0.15) is 4.98 Å². The van der Waals surface area contributed by atoms with Gasteiger partial charge in [0.25, 0.3) is 5.56 Å². The summed E-state index contributed by atoms with van der Waals surface area (Å²) in [5.41, 5.74) is 0.581. The molecule has 0 bridgehead atoms. The number of nitrogens with zero attached hydrogens (tertiary/aromatic N) is 5. The van der Waals surface area contributed by atoms with Crippen LogP contribution in [0, 0.1) is 0 Å². The Hall–Kier alpha value is -3.42. The fourth-order valence-electron chi connectivity index (χ4n) is 5.07. The maximum absolute atomic E-state index is 14.1. The van der Waals surface area contributed by atoms with Crippen molar-refractivity contribution in [2.45, 2.75) is 25.1 Å². The van der Waals surface area contributed by atoms with Gasteiger partial charge in [0.15, 0.2) is 0 Å². The first-order valence-electron chi connectivity index (χ1n) is 14.3. The third-order valence-electron chi connectivity index (χ3n) is 7.49. The van der Waals surface area contributed by atoms with Gasteiger partial charge in [-0.15, -0.1) is 0 Å². The Morgan fingerprint density at radius 3 is 2.55 bits per heavy atom. The second-order valence-corrected chi connectivity index (χ2v) is 11.6. The number of methoxy groups -OCH3 is 2. The molecular weight excluding hydrogens is 611 g/mol. The average molecular weight is 648 g/mol. The molecule has 1 aromatic carbocycles. The van der Waals surface area contributed by atoms with Crippen molar-refractivity contribution in [1.29, 1.82) is 0 Å². The number of hydrogen-bond acceptors (Lipinski definition) is 10. The van der Waals surface area contributed by atoms with Crippen LogP contribution in [-0.4, -0.2) is 110 Å². The SMILES string of the molecule is COc1cc(OC)c(Cl)c(-c2cc3cnc(NC4CCOC4)nc3n(CCOC3CN(C(=O)/C=C/CN(C)C)C3)c2=O)c1Cl. The zero-order valence-corrected chi connectivity index (χ0v) is 26.7. The molecule has 2 aromatic heterocycles. The van der Waals surface area contributed by atoms with Crippen LogP contribution in [0.1, 0.15) is 6.42 Å². The second-order valence-electron chi connectivity index (χ2n) is 10.9. The second kappa shape index (κ2) is 14.1. The van der Waals surface area contributed by atoms with E-state index in [-0.39, 0.29) is 57.9 Å². The quantitative estimate of drug-likeness (QED) is 0.293. The van der Waals surface area contributed by atoms with Crippen molar-refractivity contribution in [3.05, 3.63) is 50.9 Å². The van der Waals surface area contributed by atoms with Crippen LogP contribution in [0.2, 0.25) is 10.0 Å². The zero-order valence-electron chi connectivity index (χ0n) is 25.1. The van der Waals surface area contributed by atoms with E-state index in [1.165, 1.54) is 18.8 Å². The summed E-state index contributed by atoms with van der Waals surface area (Å²) in [6.45, 7) is 3.28. The summed E-state index contributed by atoms with van der Waals surface area (Å²) >= 11 is 13.4. The largest absolute Gasteiger partial charge is 0.495 e. The maximum atomic E-state index is 14.1. The first kappa shape index (κ1) is 32.0. The van der Waals surface area contributed by atoms with Crippen LogP contribution in [0.15, 0.2) is 35.3 Å². The molecule has 2 aliphatic rings. The first-order valence-corrected chi connectivity index (χ1v) is 15.0. The number of hydrogen-bond donors (Lipinski definition) is 1. The number of fused-ring (bicyclic) bond motifs is 1. The van der Waals surface area contributed by atoms with Crippen molar-refractivity contribution >= 4 is 46.1 Å². The van der Waals surface area contributed by atoms with Gasteiger partial charge in [0.2, 0.25) is 11.9 Å². The Morgan fingerprint density at radius 2 is 1.91 bits per heavy atom. The van der Waals surface area contributed by atoms with Gasteiger partial charge in [-0.1, -0.05) is 29.3 Å². The molecule has 3 aromatic rings. The summed E-state index contributed by atoms with van der Waals surface area (Å²) in [6, 6.07) is 3.32. The van der Waals surface area contributed by atoms with E-state index in [2.05, 4.69) is 10.3 Å². The number of carbonyl (C=O) groups is 1. The predicted octanol–water partition coefficient (Wildman–Crippen LogP) is 3.33. The van der Waals surface area contributed by atoms with Crippen LogP contribution in [-0.2, 0) is 20.8 Å². The summed E-state index contributed by atoms with van der Waals surface area (Å²) in [5, 5.41) is 4.25. The van der Waals surface area contributed by atoms with Crippen LogP contribution in [0.25, 0.3) is 22.2 Å². The number of carbonyl (C=O) groups excluding carboxylic acids is 1. The number of benzene rings is 1. The van der Waals surface area contributed by atoms with Gasteiger partial charge >= 0.3 is 0 Å². The minimum absolute atomic E-state index is 0.0477. The van der Waals surface area contributed by atoms with Crippen molar-refractivity contribution in [3.63, 3.8) is 0 Å². The van der Waals surface area contributed by atoms with Crippen molar-refractivity contribution in [1.82, 2.24) is 24.3 Å². The molecule has 0 aliphatic carbocycles. The Labute approximate surface area is 265 Å². The van der Waals surface area contributed by atoms with Crippen molar-refractivity contribution < 1.29 is 23.7 Å². The molecule has 0 radical (unpaired) electrons. The molecule has 1 amide bonds. The van der Waals surface area contributed by atoms with E-state index in [0.29, 0.717) is 61.3 Å². The smallest absolute Gasteiger partial charge is 0.260 e. The predicted molar refractivity (Wildman–Crippen MR) is 169 cm³/mol. The number of pyridine rings is 1. The van der Waals surface area contributed by atoms with Crippen LogP contribution >= 0.6 is 23.2 Å². The van der Waals surface area contributed by atoms with E-state index in [0.717, 1.165) is 6.42 Å². The molecule has 2 fully saturated rings. The molecule has 1 atom stereocenters. The lowest BCUT2D eigenvalue weighted by atomic mass is 10.0. The molecule has 1 N–H and O–H groups in total. The molecule has 12 nitrogen and oxygen atoms in total. The van der Waals surface area contributed by atoms with E-state index in [1.54, 1.807) is 29.3 Å². The van der Waals surface area contributed by atoms with Gasteiger partial charge in [-0.25, -0.2) is 4.98 Å². The van der Waals surface area contributed by atoms with E-state index in [4.69, 9.17) is 47.1 Å². The lowest BCUT2D eigenvalue weighted by Gasteiger charge is -2.38. The number of halogens is 2. The highest BCUT2D eigenvalue weighted by Gasteiger charge is 2.30. The van der Waals surface area contributed by atoms with Gasteiger partial charge in [0, 0.05) is 55.5 Å². The number of nitrogens with one attached hydrogen (secondary N) is 1. The van der Waals surface area contributed by atoms with E-state index in [9.17, 15) is 9.59 Å². The molecule has 236 valence electrons. The van der Waals surface area contributed by atoms with E-state index < -0.39 is 0 Å². The van der Waals surface area contributed by atoms with Gasteiger partial charge in [0.1, 0.15) is 17.1 Å². The zero-order chi connectivity index (χ0) is 31.4. The van der Waals surface area contributed by atoms with Crippen molar-refractivity contribution in [2.24, 2.45) is 0 Å². The number of likely N-dealkylation sites (N-methyl/N-ethyl adjacent to an activating group) is 1. The van der Waals surface area contributed by atoms with Crippen LogP contribution < -0.4 is 20.3 Å². The Morgan fingerprint density at radius 1 is 1.18 bits per heavy atom. The third-order valence-corrected chi connectivity index (χ3v) is 8.24. The van der Waals surface area contributed by atoms with E-state index >= 15 is 0 Å². The molecule has 0 spiro atoms. The lowest BCUT2D eigenvalue weighted by Crippen LogP contribution is -2.54. The highest BCUT2D eigenvalue weighted by molar-refractivity contribution is 6.41. The van der Waals surface area contributed by atoms with Crippen molar-refractivity contribution in [2.75, 3.05) is 73.1 Å². The molecule has 2 saturated heterocycles. The maximum Gasteiger partial charge on any atom is 0.260 e. The van der Waals surface area contributed by atoms with Gasteiger partial charge < -0.3 is 34.1 Å². The van der Waals surface area contributed by atoms with Crippen molar-refractivity contribution in [3.8, 4) is 22.6 Å². The summed E-state index contributed by atoms with van der Waals surface area (Å²) in [7, 11) is 6.83. The summed E-state index contributed by atoms with van der Waals surface area (Å²) in [6.07, 6.45) is 5.77. The summed E-state index contributed by atoms with van der Waals surface area (Å²) in [4.78, 5) is 39.4. The van der Waals surface area contributed by atoms with Crippen LogP contribution in [0.4, 0.5) is 5.95 Å². The highest BCUT2D eigenvalue weighted by Crippen LogP contribution is 2.45. The first-order chi connectivity index (χ1) is 21.2. The minimum atomic E-state index is -0.370. The Bertz CT molecular complexity index is 1570. The summed E-state index contributed by atoms with van der Waals surface area (Å²) < 4.78 is 23.9. The third kappa shape index (κ3) is 6.94. The Balaban J connectivity index is 1.43. The summed E-state index contributed by atoms with van der Waals surface area (Å²) in [5.74, 6) is 0.970. The number of rotatable bonds is 12. The number of likely N-dealkylation sites (tertiary alicyclic amines) is 1. The molecule has 4 heterocycles. The molecular formula is C30H36Cl2N6O6. The van der Waals surface area contributed by atoms with Gasteiger partial charge in [-0.3, -0.25) is 14.2 Å². The number of ether oxygens (including phenoxy) is 4. The molecule has 1 unspecified atom stereocenters. The van der Waals surface area contributed by atoms with Gasteiger partial charge in [0.05, 0.1) is 61.7 Å². The molecule has 0 saturated carbocycles. The lowest BCUT2D eigenvalue weighted by molar-refractivity contribution is -0.139. The standard InChI is InChI=1S/C30H36Cl2N6O6/c1-36(2)8-5-6-24(39)37-15-20(16-37)44-11-9-38-28-18(14-33-30(35-28)34-19-7-10-43-17-19)12-21(29(38)40)25-26(31)22(41-3)13-23(42-4)27(25)32/h5-6,12-14,19-20H,7-11,15-17H2,1-4H3,(H,33,34,35)/b6-5+. The normalized spacial score (nSPS) is 17.1. The molecule has 2 aliphatic heterocycles. The fourth-order valence-corrected chi connectivity index (χ4v) is 5.78. The molecule has 5 rings (SSSR count). The van der Waals surface area contributed by atoms with E-state index in [1.807, 2.05) is 25.1 Å². The highest BCUT2D eigenvalue weighted by atomic mass is 35.5. The molecule has 44 heavy (non-hydrogen) atoms. The van der Waals surface area contributed by atoms with Gasteiger partial charge in [-0.05, 0) is 26.6 Å².